The monoisotopic (exact) mass is 187 g/mol. The number of nitrogens with zero attached hydrogens (tertiary/aromatic N) is 1. The molecule has 1 heterocycles. The van der Waals surface area contributed by atoms with Gasteiger partial charge in [0.15, 0.2) is 0 Å². The molecule has 0 saturated carbocycles. The summed E-state index contributed by atoms with van der Waals surface area (Å²) in [6.07, 6.45) is 0.694. The lowest BCUT2D eigenvalue weighted by Crippen LogP contribution is -2.46. The Morgan fingerprint density at radius 1 is 1.50 bits per heavy atom. The van der Waals surface area contributed by atoms with Crippen LogP contribution in [0.5, 0.6) is 0 Å². The first-order chi connectivity index (χ1) is 6.22. The summed E-state index contributed by atoms with van der Waals surface area (Å²) in [5.74, 6) is 0.0222. The average Bonchev–Trinajstić information content (AvgIpc) is 2.27. The van der Waals surface area contributed by atoms with Crippen LogP contribution in [0, 0.1) is 0 Å². The number of likely N-dealkylation sites (tertiary alicyclic amines) is 1. The third kappa shape index (κ3) is 3.08. The van der Waals surface area contributed by atoms with Gasteiger partial charge in [0.05, 0.1) is 29.1 Å². The molecule has 1 saturated heterocycles. The standard InChI is InChI=1S/C8H12B3NO2/c1-6(13)12-4-3-7(2,5-12)14-8(9,10)11/h3-5H2,1-2H3. The Morgan fingerprint density at radius 2 is 2.07 bits per heavy atom. The van der Waals surface area contributed by atoms with Crippen LogP contribution >= 0.6 is 0 Å². The number of amides is 1. The number of hydrogen-bond acceptors (Lipinski definition) is 2. The Kier molecular flexibility index (Phi) is 3.05. The van der Waals surface area contributed by atoms with Crippen LogP contribution in [0.2, 0.25) is 0 Å². The molecule has 0 aromatic rings. The molecule has 6 radical (unpaired) electrons. The van der Waals surface area contributed by atoms with Gasteiger partial charge in [-0.05, 0) is 18.6 Å². The van der Waals surface area contributed by atoms with Crippen molar-refractivity contribution in [3.63, 3.8) is 0 Å². The maximum absolute atomic E-state index is 11.1. The second-order valence-corrected chi connectivity index (χ2v) is 4.10. The second kappa shape index (κ2) is 3.65. The first-order valence-electron chi connectivity index (χ1n) is 4.54. The van der Waals surface area contributed by atoms with Gasteiger partial charge in [-0.2, -0.15) is 0 Å². The van der Waals surface area contributed by atoms with Crippen LogP contribution in [0.4, 0.5) is 0 Å². The molecule has 1 aliphatic heterocycles. The highest BCUT2D eigenvalue weighted by atomic mass is 16.5. The van der Waals surface area contributed by atoms with Gasteiger partial charge in [-0.15, -0.1) is 0 Å². The van der Waals surface area contributed by atoms with E-state index in [0.717, 1.165) is 0 Å². The van der Waals surface area contributed by atoms with E-state index in [1.54, 1.807) is 4.90 Å². The molecule has 6 heteroatoms. The Hall–Kier alpha value is -0.375. The minimum Gasteiger partial charge on any atom is -0.395 e. The van der Waals surface area contributed by atoms with E-state index in [9.17, 15) is 4.79 Å². The Bertz CT molecular complexity index is 241. The van der Waals surface area contributed by atoms with Crippen LogP contribution in [0.15, 0.2) is 0 Å². The van der Waals surface area contributed by atoms with E-state index >= 15 is 0 Å². The highest BCUT2D eigenvalue weighted by molar-refractivity contribution is 6.58. The molecule has 1 rings (SSSR count). The number of hydrogen-bond donors (Lipinski definition) is 0. The van der Waals surface area contributed by atoms with E-state index in [-0.39, 0.29) is 5.91 Å². The van der Waals surface area contributed by atoms with Gasteiger partial charge in [-0.25, -0.2) is 0 Å². The van der Waals surface area contributed by atoms with Crippen molar-refractivity contribution in [2.45, 2.75) is 31.2 Å². The fourth-order valence-corrected chi connectivity index (χ4v) is 1.71. The van der Waals surface area contributed by atoms with E-state index in [2.05, 4.69) is 0 Å². The van der Waals surface area contributed by atoms with E-state index in [1.165, 1.54) is 6.92 Å². The smallest absolute Gasteiger partial charge is 0.219 e. The zero-order chi connectivity index (χ0) is 11.0. The van der Waals surface area contributed by atoms with Crippen LogP contribution in [0.1, 0.15) is 20.3 Å². The van der Waals surface area contributed by atoms with Crippen LogP contribution in [0.25, 0.3) is 0 Å². The van der Waals surface area contributed by atoms with Crippen molar-refractivity contribution in [1.29, 1.82) is 0 Å². The van der Waals surface area contributed by atoms with Gasteiger partial charge in [0, 0.05) is 20.0 Å². The number of carbonyl (C=O) groups excluding carboxylic acids is 1. The highest BCUT2D eigenvalue weighted by Crippen LogP contribution is 2.27. The molecule has 14 heavy (non-hydrogen) atoms. The maximum atomic E-state index is 11.1. The van der Waals surface area contributed by atoms with Crippen LogP contribution in [0.3, 0.4) is 0 Å². The molecular weight excluding hydrogens is 175 g/mol. The molecule has 1 fully saturated rings. The molecule has 1 amide bonds. The fraction of sp³-hybridized carbons (Fsp3) is 0.875. The third-order valence-electron chi connectivity index (χ3n) is 2.30. The summed E-state index contributed by atoms with van der Waals surface area (Å²) in [5.41, 5.74) is -0.538. The van der Waals surface area contributed by atoms with Crippen LogP contribution < -0.4 is 0 Å². The largest absolute Gasteiger partial charge is 0.395 e. The van der Waals surface area contributed by atoms with Crippen LogP contribution in [-0.2, 0) is 9.53 Å². The van der Waals surface area contributed by atoms with Crippen molar-refractivity contribution in [3.8, 4) is 0 Å². The van der Waals surface area contributed by atoms with Gasteiger partial charge in [0.25, 0.3) is 0 Å². The topological polar surface area (TPSA) is 29.5 Å². The van der Waals surface area contributed by atoms with Gasteiger partial charge in [0.2, 0.25) is 5.91 Å². The van der Waals surface area contributed by atoms with Crippen molar-refractivity contribution in [2.24, 2.45) is 0 Å². The molecule has 0 aromatic carbocycles. The minimum absolute atomic E-state index is 0.0222. The maximum Gasteiger partial charge on any atom is 0.219 e. The molecular formula is C8H12B3NO2. The zero-order valence-corrected chi connectivity index (χ0v) is 8.62. The van der Waals surface area contributed by atoms with Crippen molar-refractivity contribution in [3.05, 3.63) is 0 Å². The van der Waals surface area contributed by atoms with E-state index in [1.807, 2.05) is 6.92 Å². The van der Waals surface area contributed by atoms with Gasteiger partial charge in [-0.3, -0.25) is 4.79 Å². The molecule has 0 aromatic heterocycles. The Labute approximate surface area is 88.8 Å². The summed E-state index contributed by atoms with van der Waals surface area (Å²) in [4.78, 5) is 12.8. The van der Waals surface area contributed by atoms with Gasteiger partial charge in [-0.1, -0.05) is 0 Å². The van der Waals surface area contributed by atoms with Crippen molar-refractivity contribution < 1.29 is 9.53 Å². The lowest BCUT2D eigenvalue weighted by Gasteiger charge is -2.34. The molecule has 0 aliphatic carbocycles. The first-order valence-corrected chi connectivity index (χ1v) is 4.54. The summed E-state index contributed by atoms with van der Waals surface area (Å²) < 4.78 is 5.31. The van der Waals surface area contributed by atoms with Gasteiger partial charge < -0.3 is 9.64 Å². The van der Waals surface area contributed by atoms with Gasteiger partial charge in [0.1, 0.15) is 0 Å². The molecule has 1 atom stereocenters. The van der Waals surface area contributed by atoms with Gasteiger partial charge >= 0.3 is 0 Å². The first kappa shape index (κ1) is 11.7. The third-order valence-corrected chi connectivity index (χ3v) is 2.30. The summed E-state index contributed by atoms with van der Waals surface area (Å²) in [5, 5.41) is -1.64. The van der Waals surface area contributed by atoms with Crippen molar-refractivity contribution in [1.82, 2.24) is 4.90 Å². The van der Waals surface area contributed by atoms with E-state index in [0.29, 0.717) is 19.5 Å². The van der Waals surface area contributed by atoms with Crippen LogP contribution in [-0.4, -0.2) is 58.3 Å². The SMILES string of the molecule is [B]C([B])([B])OC1(C)CCN(C(C)=O)C1. The molecule has 1 aliphatic rings. The second-order valence-electron chi connectivity index (χ2n) is 4.10. The molecule has 0 bridgehead atoms. The Morgan fingerprint density at radius 3 is 2.43 bits per heavy atom. The fourth-order valence-electron chi connectivity index (χ4n) is 1.71. The molecule has 70 valence electrons. The highest BCUT2D eigenvalue weighted by Gasteiger charge is 2.38. The lowest BCUT2D eigenvalue weighted by molar-refractivity contribution is -0.129. The average molecular weight is 187 g/mol. The summed E-state index contributed by atoms with van der Waals surface area (Å²) >= 11 is 0. The predicted molar refractivity (Wildman–Crippen MR) is 56.4 cm³/mol. The number of ether oxygens (including phenoxy) is 1. The van der Waals surface area contributed by atoms with E-state index in [4.69, 9.17) is 28.3 Å². The number of carbonyl (C=O) groups is 1. The molecule has 1 unspecified atom stereocenters. The zero-order valence-electron chi connectivity index (χ0n) is 8.62. The molecule has 0 spiro atoms. The summed E-state index contributed by atoms with van der Waals surface area (Å²) in [7, 11) is 16.1. The van der Waals surface area contributed by atoms with E-state index < -0.39 is 10.9 Å². The van der Waals surface area contributed by atoms with Crippen molar-refractivity contribution in [2.75, 3.05) is 13.1 Å². The van der Waals surface area contributed by atoms with Crippen molar-refractivity contribution >= 4 is 29.4 Å². The molecule has 0 N–H and O–H groups in total. The normalized spacial score (nSPS) is 28.0. The predicted octanol–water partition coefficient (Wildman–Crippen LogP) is -0.869. The summed E-state index contributed by atoms with van der Waals surface area (Å²) in [6, 6.07) is 0. The Balaban J connectivity index is 2.58. The quantitative estimate of drug-likeness (QED) is 0.525. The lowest BCUT2D eigenvalue weighted by atomic mass is 9.52. The number of rotatable bonds is 2. The molecule has 3 nitrogen and oxygen atoms in total. The summed E-state index contributed by atoms with van der Waals surface area (Å²) in [6.45, 7) is 4.50. The minimum atomic E-state index is -1.64.